The van der Waals surface area contributed by atoms with Gasteiger partial charge in [-0.2, -0.15) is 0 Å². The van der Waals surface area contributed by atoms with E-state index in [9.17, 15) is 8.78 Å². The van der Waals surface area contributed by atoms with Crippen molar-refractivity contribution >= 4 is 5.69 Å². The van der Waals surface area contributed by atoms with Crippen molar-refractivity contribution in [1.29, 1.82) is 0 Å². The average molecular weight is 228 g/mol. The Balaban J connectivity index is 2.70. The van der Waals surface area contributed by atoms with Crippen molar-refractivity contribution in [2.24, 2.45) is 5.73 Å². The SMILES string of the molecule is NCCCN(CCCF)c1ccccc1F. The number of hydrogen-bond donors (Lipinski definition) is 1. The Morgan fingerprint density at radius 3 is 2.44 bits per heavy atom. The van der Waals surface area contributed by atoms with E-state index in [0.717, 1.165) is 6.42 Å². The highest BCUT2D eigenvalue weighted by Crippen LogP contribution is 2.19. The molecule has 1 rings (SSSR count). The minimum Gasteiger partial charge on any atom is -0.369 e. The van der Waals surface area contributed by atoms with Gasteiger partial charge in [0.25, 0.3) is 0 Å². The molecule has 0 saturated heterocycles. The van der Waals surface area contributed by atoms with Gasteiger partial charge in [0.05, 0.1) is 12.4 Å². The van der Waals surface area contributed by atoms with E-state index in [2.05, 4.69) is 0 Å². The van der Waals surface area contributed by atoms with E-state index in [-0.39, 0.29) is 12.5 Å². The molecule has 0 heterocycles. The second kappa shape index (κ2) is 7.17. The molecule has 0 radical (unpaired) electrons. The predicted molar refractivity (Wildman–Crippen MR) is 62.9 cm³/mol. The van der Waals surface area contributed by atoms with Crippen LogP contribution in [0.2, 0.25) is 0 Å². The van der Waals surface area contributed by atoms with Gasteiger partial charge in [0.1, 0.15) is 5.82 Å². The summed E-state index contributed by atoms with van der Waals surface area (Å²) in [5.74, 6) is -0.265. The normalized spacial score (nSPS) is 10.4. The highest BCUT2D eigenvalue weighted by Gasteiger charge is 2.09. The van der Waals surface area contributed by atoms with Crippen LogP contribution >= 0.6 is 0 Å². The molecule has 2 N–H and O–H groups in total. The molecule has 0 aliphatic heterocycles. The van der Waals surface area contributed by atoms with Gasteiger partial charge in [0, 0.05) is 13.1 Å². The molecule has 0 spiro atoms. The van der Waals surface area contributed by atoms with Crippen LogP contribution in [0, 0.1) is 5.82 Å². The van der Waals surface area contributed by atoms with Crippen molar-refractivity contribution in [2.45, 2.75) is 12.8 Å². The van der Waals surface area contributed by atoms with Gasteiger partial charge in [-0.25, -0.2) is 4.39 Å². The van der Waals surface area contributed by atoms with Crippen LogP contribution in [0.1, 0.15) is 12.8 Å². The number of benzene rings is 1. The number of rotatable bonds is 7. The van der Waals surface area contributed by atoms with E-state index in [1.54, 1.807) is 18.2 Å². The maximum Gasteiger partial charge on any atom is 0.146 e. The molecular formula is C12H18F2N2. The molecule has 1 aromatic carbocycles. The van der Waals surface area contributed by atoms with Crippen molar-refractivity contribution in [3.05, 3.63) is 30.1 Å². The van der Waals surface area contributed by atoms with Gasteiger partial charge in [-0.05, 0) is 31.5 Å². The van der Waals surface area contributed by atoms with Gasteiger partial charge in [0.15, 0.2) is 0 Å². The molecule has 16 heavy (non-hydrogen) atoms. The van der Waals surface area contributed by atoms with Gasteiger partial charge in [0.2, 0.25) is 0 Å². The van der Waals surface area contributed by atoms with Gasteiger partial charge in [-0.3, -0.25) is 4.39 Å². The standard InChI is InChI=1S/C12H18F2N2/c13-7-3-9-16(10-4-8-15)12-6-2-1-5-11(12)14/h1-2,5-6H,3-4,7-10,15H2. The molecule has 2 nitrogen and oxygen atoms in total. The van der Waals surface area contributed by atoms with Crippen LogP contribution in [0.25, 0.3) is 0 Å². The summed E-state index contributed by atoms with van der Waals surface area (Å²) < 4.78 is 25.7. The van der Waals surface area contributed by atoms with Crippen LogP contribution in [0.3, 0.4) is 0 Å². The lowest BCUT2D eigenvalue weighted by Gasteiger charge is -2.24. The van der Waals surface area contributed by atoms with Gasteiger partial charge < -0.3 is 10.6 Å². The average Bonchev–Trinajstić information content (AvgIpc) is 2.31. The molecule has 90 valence electrons. The summed E-state index contributed by atoms with van der Waals surface area (Å²) in [5.41, 5.74) is 5.96. The Morgan fingerprint density at radius 2 is 1.81 bits per heavy atom. The first-order valence-electron chi connectivity index (χ1n) is 5.55. The quantitative estimate of drug-likeness (QED) is 0.776. The van der Waals surface area contributed by atoms with E-state index in [0.29, 0.717) is 31.7 Å². The molecule has 0 unspecified atom stereocenters. The molecule has 0 aromatic heterocycles. The van der Waals surface area contributed by atoms with Crippen molar-refractivity contribution in [3.63, 3.8) is 0 Å². The Kier molecular flexibility index (Phi) is 5.78. The van der Waals surface area contributed by atoms with Crippen LogP contribution in [0.4, 0.5) is 14.5 Å². The number of halogens is 2. The highest BCUT2D eigenvalue weighted by molar-refractivity contribution is 5.47. The second-order valence-electron chi connectivity index (χ2n) is 3.62. The van der Waals surface area contributed by atoms with Crippen LogP contribution < -0.4 is 10.6 Å². The number of para-hydroxylation sites is 1. The molecule has 0 aliphatic carbocycles. The largest absolute Gasteiger partial charge is 0.369 e. The van der Waals surface area contributed by atoms with Crippen molar-refractivity contribution in [3.8, 4) is 0 Å². The molecular weight excluding hydrogens is 210 g/mol. The van der Waals surface area contributed by atoms with Gasteiger partial charge in [-0.15, -0.1) is 0 Å². The maximum atomic E-state index is 13.5. The summed E-state index contributed by atoms with van der Waals surface area (Å²) in [4.78, 5) is 1.85. The van der Waals surface area contributed by atoms with Crippen LogP contribution in [0.5, 0.6) is 0 Å². The van der Waals surface area contributed by atoms with Crippen molar-refractivity contribution in [2.75, 3.05) is 31.2 Å². The first-order valence-corrected chi connectivity index (χ1v) is 5.55. The minimum absolute atomic E-state index is 0.265. The Morgan fingerprint density at radius 1 is 1.12 bits per heavy atom. The first kappa shape index (κ1) is 12.9. The Labute approximate surface area is 95.1 Å². The predicted octanol–water partition coefficient (Wildman–Crippen LogP) is 2.34. The van der Waals surface area contributed by atoms with Crippen molar-refractivity contribution < 1.29 is 8.78 Å². The summed E-state index contributed by atoms with van der Waals surface area (Å²) in [6.07, 6.45) is 1.19. The lowest BCUT2D eigenvalue weighted by molar-refractivity contribution is 0.469. The van der Waals surface area contributed by atoms with E-state index < -0.39 is 0 Å². The highest BCUT2D eigenvalue weighted by atomic mass is 19.1. The maximum absolute atomic E-state index is 13.5. The number of nitrogens with zero attached hydrogens (tertiary/aromatic N) is 1. The molecule has 4 heteroatoms. The summed E-state index contributed by atoms with van der Waals surface area (Å²) in [6, 6.07) is 6.56. The number of hydrogen-bond acceptors (Lipinski definition) is 2. The smallest absolute Gasteiger partial charge is 0.146 e. The summed E-state index contributed by atoms with van der Waals surface area (Å²) in [5, 5.41) is 0. The number of alkyl halides is 1. The lowest BCUT2D eigenvalue weighted by atomic mass is 10.2. The van der Waals surface area contributed by atoms with E-state index >= 15 is 0 Å². The van der Waals surface area contributed by atoms with E-state index in [4.69, 9.17) is 5.73 Å². The second-order valence-corrected chi connectivity index (χ2v) is 3.62. The third-order valence-corrected chi connectivity index (χ3v) is 2.39. The van der Waals surface area contributed by atoms with Crippen molar-refractivity contribution in [1.82, 2.24) is 0 Å². The fourth-order valence-corrected chi connectivity index (χ4v) is 1.59. The fourth-order valence-electron chi connectivity index (χ4n) is 1.59. The lowest BCUT2D eigenvalue weighted by Crippen LogP contribution is -2.28. The zero-order valence-electron chi connectivity index (χ0n) is 9.33. The summed E-state index contributed by atoms with van der Waals surface area (Å²) in [7, 11) is 0. The number of anilines is 1. The minimum atomic E-state index is -0.381. The monoisotopic (exact) mass is 228 g/mol. The van der Waals surface area contributed by atoms with Crippen LogP contribution in [0.15, 0.2) is 24.3 Å². The summed E-state index contributed by atoms with van der Waals surface area (Å²) in [6.45, 7) is 1.36. The molecule has 0 fully saturated rings. The molecule has 0 saturated carbocycles. The zero-order chi connectivity index (χ0) is 11.8. The van der Waals surface area contributed by atoms with E-state index in [1.807, 2.05) is 4.90 Å². The topological polar surface area (TPSA) is 29.3 Å². The first-order chi connectivity index (χ1) is 7.79. The van der Waals surface area contributed by atoms with Gasteiger partial charge >= 0.3 is 0 Å². The molecule has 1 aromatic rings. The third-order valence-electron chi connectivity index (χ3n) is 2.39. The van der Waals surface area contributed by atoms with Crippen LogP contribution in [-0.4, -0.2) is 26.3 Å². The molecule has 0 atom stereocenters. The van der Waals surface area contributed by atoms with Crippen LogP contribution in [-0.2, 0) is 0 Å². The molecule has 0 bridgehead atoms. The molecule has 0 aliphatic rings. The number of nitrogens with two attached hydrogens (primary N) is 1. The third kappa shape index (κ3) is 3.77. The fraction of sp³-hybridized carbons (Fsp3) is 0.500. The summed E-state index contributed by atoms with van der Waals surface area (Å²) >= 11 is 0. The Hall–Kier alpha value is -1.16. The van der Waals surface area contributed by atoms with Gasteiger partial charge in [-0.1, -0.05) is 12.1 Å². The Bertz CT molecular complexity index is 297. The molecule has 0 amide bonds. The van der Waals surface area contributed by atoms with E-state index in [1.165, 1.54) is 6.07 Å². The zero-order valence-corrected chi connectivity index (χ0v) is 9.33.